The Bertz CT molecular complexity index is 462. The number of nitro groups is 1. The first-order chi connectivity index (χ1) is 7.64. The lowest BCUT2D eigenvalue weighted by molar-refractivity contribution is -0.389. The van der Waals surface area contributed by atoms with Gasteiger partial charge in [-0.25, -0.2) is 8.78 Å². The zero-order valence-corrected chi connectivity index (χ0v) is 9.79. The van der Waals surface area contributed by atoms with Gasteiger partial charge in [-0.3, -0.25) is 0 Å². The highest BCUT2D eigenvalue weighted by atomic mass is 127. The second-order valence-corrected chi connectivity index (χ2v) is 3.94. The molecule has 0 saturated heterocycles. The minimum Gasteiger partial charge on any atom is -0.358 e. The number of aromatic nitrogens is 1. The Balaban J connectivity index is 3.55. The molecule has 0 aromatic carbocycles. The van der Waals surface area contributed by atoms with Crippen LogP contribution < -0.4 is 0 Å². The van der Waals surface area contributed by atoms with Crippen molar-refractivity contribution < 1.29 is 26.9 Å². The highest BCUT2D eigenvalue weighted by Crippen LogP contribution is 2.39. The van der Waals surface area contributed by atoms with Crippen molar-refractivity contribution in [2.24, 2.45) is 0 Å². The molecule has 4 nitrogen and oxygen atoms in total. The van der Waals surface area contributed by atoms with E-state index in [4.69, 9.17) is 0 Å². The van der Waals surface area contributed by atoms with Crippen LogP contribution in [0.3, 0.4) is 0 Å². The number of rotatable bonds is 2. The SMILES string of the molecule is O=[N+]([O-])c1cc(I)c(C(F)(F)F)c(C(F)F)n1. The van der Waals surface area contributed by atoms with E-state index < -0.39 is 38.2 Å². The third-order valence-corrected chi connectivity index (χ3v) is 2.51. The van der Waals surface area contributed by atoms with Crippen molar-refractivity contribution in [1.29, 1.82) is 0 Å². The lowest BCUT2D eigenvalue weighted by atomic mass is 10.2. The lowest BCUT2D eigenvalue weighted by Crippen LogP contribution is -2.14. The average molecular weight is 368 g/mol. The van der Waals surface area contributed by atoms with Gasteiger partial charge < -0.3 is 10.1 Å². The Kier molecular flexibility index (Phi) is 3.84. The van der Waals surface area contributed by atoms with Gasteiger partial charge in [-0.1, -0.05) is 0 Å². The number of pyridine rings is 1. The molecule has 0 spiro atoms. The van der Waals surface area contributed by atoms with Gasteiger partial charge in [0, 0.05) is 3.57 Å². The number of halogens is 6. The maximum Gasteiger partial charge on any atom is 0.421 e. The first-order valence-corrected chi connectivity index (χ1v) is 4.92. The summed E-state index contributed by atoms with van der Waals surface area (Å²) in [5.41, 5.74) is -3.27. The summed E-state index contributed by atoms with van der Waals surface area (Å²) in [6, 6.07) is 0.495. The van der Waals surface area contributed by atoms with E-state index in [1.165, 1.54) is 0 Å². The van der Waals surface area contributed by atoms with Gasteiger partial charge in [0.1, 0.15) is 5.56 Å². The van der Waals surface area contributed by atoms with E-state index in [1.807, 2.05) is 0 Å². The van der Waals surface area contributed by atoms with E-state index in [9.17, 15) is 32.1 Å². The maximum absolute atomic E-state index is 12.5. The molecule has 0 fully saturated rings. The smallest absolute Gasteiger partial charge is 0.358 e. The third kappa shape index (κ3) is 2.98. The zero-order chi connectivity index (χ0) is 13.4. The summed E-state index contributed by atoms with van der Waals surface area (Å²) < 4.78 is 61.5. The van der Waals surface area contributed by atoms with E-state index in [2.05, 4.69) is 4.98 Å². The molecule has 94 valence electrons. The molecule has 17 heavy (non-hydrogen) atoms. The van der Waals surface area contributed by atoms with Crippen molar-refractivity contribution in [3.05, 3.63) is 31.0 Å². The molecule has 1 heterocycles. The summed E-state index contributed by atoms with van der Waals surface area (Å²) in [6.07, 6.45) is -8.58. The van der Waals surface area contributed by atoms with Crippen molar-refractivity contribution >= 4 is 28.4 Å². The highest BCUT2D eigenvalue weighted by molar-refractivity contribution is 14.1. The van der Waals surface area contributed by atoms with Gasteiger partial charge in [-0.15, -0.1) is 0 Å². The van der Waals surface area contributed by atoms with Crippen LogP contribution in [0.25, 0.3) is 0 Å². The monoisotopic (exact) mass is 368 g/mol. The number of alkyl halides is 5. The van der Waals surface area contributed by atoms with Crippen LogP contribution >= 0.6 is 22.6 Å². The normalized spacial score (nSPS) is 11.9. The van der Waals surface area contributed by atoms with Crippen LogP contribution in [-0.2, 0) is 6.18 Å². The summed E-state index contributed by atoms with van der Waals surface area (Å²) in [4.78, 5) is 11.9. The van der Waals surface area contributed by atoms with Gasteiger partial charge in [-0.05, 0) is 32.5 Å². The average Bonchev–Trinajstić information content (AvgIpc) is 2.13. The molecule has 0 aliphatic carbocycles. The highest BCUT2D eigenvalue weighted by Gasteiger charge is 2.42. The molecule has 0 bridgehead atoms. The standard InChI is InChI=1S/C7H2F5IN2O2/c8-6(9)5-4(7(10,11)12)2(13)1-3(14-5)15(16)17/h1,6H. The predicted molar refractivity (Wildman–Crippen MR) is 53.6 cm³/mol. The van der Waals surface area contributed by atoms with E-state index in [1.54, 1.807) is 0 Å². The minimum atomic E-state index is -5.04. The summed E-state index contributed by atoms with van der Waals surface area (Å²) in [5, 5.41) is 10.3. The fraction of sp³-hybridized carbons (Fsp3) is 0.286. The summed E-state index contributed by atoms with van der Waals surface area (Å²) >= 11 is 1.11. The fourth-order valence-electron chi connectivity index (χ4n) is 1.05. The van der Waals surface area contributed by atoms with Gasteiger partial charge >= 0.3 is 18.4 Å². The number of nitrogens with zero attached hydrogens (tertiary/aromatic N) is 2. The summed E-state index contributed by atoms with van der Waals surface area (Å²) in [6.45, 7) is 0. The first kappa shape index (κ1) is 14.0. The van der Waals surface area contributed by atoms with Crippen molar-refractivity contribution in [3.63, 3.8) is 0 Å². The van der Waals surface area contributed by atoms with Crippen LogP contribution in [0.1, 0.15) is 17.7 Å². The second-order valence-electron chi connectivity index (χ2n) is 2.78. The van der Waals surface area contributed by atoms with Crippen LogP contribution in [0.15, 0.2) is 6.07 Å². The van der Waals surface area contributed by atoms with Crippen molar-refractivity contribution in [3.8, 4) is 0 Å². The molecule has 0 atom stereocenters. The third-order valence-electron chi connectivity index (χ3n) is 1.66. The number of hydrogen-bond acceptors (Lipinski definition) is 3. The number of hydrogen-bond donors (Lipinski definition) is 0. The molecule has 0 amide bonds. The molecule has 10 heteroatoms. The Hall–Kier alpha value is -1.07. The molecule has 0 aliphatic rings. The van der Waals surface area contributed by atoms with Crippen molar-refractivity contribution in [2.45, 2.75) is 12.6 Å². The Morgan fingerprint density at radius 1 is 1.41 bits per heavy atom. The maximum atomic E-state index is 12.5. The van der Waals surface area contributed by atoms with E-state index in [0.717, 1.165) is 22.6 Å². The van der Waals surface area contributed by atoms with Crippen molar-refractivity contribution in [1.82, 2.24) is 4.98 Å². The first-order valence-electron chi connectivity index (χ1n) is 3.84. The second kappa shape index (κ2) is 4.66. The van der Waals surface area contributed by atoms with E-state index in [0.29, 0.717) is 6.07 Å². The lowest BCUT2D eigenvalue weighted by Gasteiger charge is -2.10. The van der Waals surface area contributed by atoms with Gasteiger partial charge in [0.15, 0.2) is 0 Å². The van der Waals surface area contributed by atoms with Gasteiger partial charge in [0.05, 0.1) is 6.07 Å². The summed E-state index contributed by atoms with van der Waals surface area (Å²) in [7, 11) is 0. The molecule has 1 aromatic rings. The largest absolute Gasteiger partial charge is 0.421 e. The molecule has 1 rings (SSSR count). The van der Waals surface area contributed by atoms with Crippen LogP contribution in [0, 0.1) is 13.7 Å². The zero-order valence-electron chi connectivity index (χ0n) is 7.63. The van der Waals surface area contributed by atoms with Crippen LogP contribution in [0.5, 0.6) is 0 Å². The Morgan fingerprint density at radius 2 is 1.94 bits per heavy atom. The van der Waals surface area contributed by atoms with Crippen LogP contribution in [0.4, 0.5) is 27.8 Å². The van der Waals surface area contributed by atoms with Gasteiger partial charge in [0.2, 0.25) is 5.69 Å². The summed E-state index contributed by atoms with van der Waals surface area (Å²) in [5.74, 6) is -1.04. The Labute approximate surface area is 104 Å². The molecule has 0 N–H and O–H groups in total. The molecule has 0 aliphatic heterocycles. The molecule has 0 unspecified atom stereocenters. The predicted octanol–water partition coefficient (Wildman–Crippen LogP) is 3.55. The topological polar surface area (TPSA) is 56.0 Å². The molecule has 0 radical (unpaired) electrons. The van der Waals surface area contributed by atoms with Gasteiger partial charge in [0.25, 0.3) is 0 Å². The molecular formula is C7H2F5IN2O2. The molecule has 0 saturated carbocycles. The van der Waals surface area contributed by atoms with E-state index >= 15 is 0 Å². The molecule has 1 aromatic heterocycles. The van der Waals surface area contributed by atoms with Crippen LogP contribution in [-0.4, -0.2) is 9.91 Å². The van der Waals surface area contributed by atoms with Crippen molar-refractivity contribution in [2.75, 3.05) is 0 Å². The minimum absolute atomic E-state index is 0.495. The molecular weight excluding hydrogens is 366 g/mol. The van der Waals surface area contributed by atoms with E-state index in [-0.39, 0.29) is 0 Å². The Morgan fingerprint density at radius 3 is 2.29 bits per heavy atom. The van der Waals surface area contributed by atoms with Gasteiger partial charge in [-0.2, -0.15) is 13.2 Å². The fourth-order valence-corrected chi connectivity index (χ4v) is 1.91. The quantitative estimate of drug-likeness (QED) is 0.347. The van der Waals surface area contributed by atoms with Crippen LogP contribution in [0.2, 0.25) is 0 Å².